The molecule has 164 valence electrons. The number of aromatic nitrogens is 2. The monoisotopic (exact) mass is 432 g/mol. The smallest absolute Gasteiger partial charge is 0.322 e. The van der Waals surface area contributed by atoms with Gasteiger partial charge in [0.2, 0.25) is 12.6 Å². The Bertz CT molecular complexity index is 1250. The van der Waals surface area contributed by atoms with E-state index in [1.54, 1.807) is 4.90 Å². The van der Waals surface area contributed by atoms with Gasteiger partial charge in [-0.2, -0.15) is 4.98 Å². The zero-order chi connectivity index (χ0) is 22.4. The number of ether oxygens (including phenoxy) is 2. The van der Waals surface area contributed by atoms with E-state index in [1.807, 2.05) is 38.1 Å². The third-order valence-corrected chi connectivity index (χ3v) is 6.06. The molecule has 8 nitrogen and oxygen atoms in total. The molecule has 0 saturated carbocycles. The normalized spacial score (nSPS) is 17.7. The summed E-state index contributed by atoms with van der Waals surface area (Å²) < 4.78 is 16.6. The quantitative estimate of drug-likeness (QED) is 0.648. The van der Waals surface area contributed by atoms with Gasteiger partial charge < -0.3 is 19.3 Å². The minimum Gasteiger partial charge on any atom is -0.454 e. The van der Waals surface area contributed by atoms with Gasteiger partial charge in [0.15, 0.2) is 11.5 Å². The van der Waals surface area contributed by atoms with Crippen LogP contribution in [-0.4, -0.2) is 34.4 Å². The summed E-state index contributed by atoms with van der Waals surface area (Å²) in [7, 11) is 0. The van der Waals surface area contributed by atoms with E-state index in [-0.39, 0.29) is 12.8 Å². The molecule has 5 rings (SSSR count). The van der Waals surface area contributed by atoms with E-state index in [9.17, 15) is 4.79 Å². The van der Waals surface area contributed by atoms with E-state index in [2.05, 4.69) is 41.4 Å². The number of urea groups is 1. The van der Waals surface area contributed by atoms with Gasteiger partial charge in [-0.1, -0.05) is 23.4 Å². The standard InChI is InChI=1S/C24H24N4O4/c1-5-28-15(4)20(21(25-24(28)29)16-7-6-13(2)14(3)10-16)23-26-22(27-32-23)17-8-9-18-19(11-17)31-12-30-18/h6-11,21H,5,12H2,1-4H3,(H,25,29). The van der Waals surface area contributed by atoms with Crippen molar-refractivity contribution in [1.82, 2.24) is 20.4 Å². The SMILES string of the molecule is CCN1C(=O)NC(c2ccc(C)c(C)c2)C(c2nc(-c3ccc4c(c3)OCO4)no2)=C1C. The van der Waals surface area contributed by atoms with E-state index in [0.29, 0.717) is 29.8 Å². The van der Waals surface area contributed by atoms with Crippen LogP contribution < -0.4 is 14.8 Å². The Hall–Kier alpha value is -3.81. The molecule has 32 heavy (non-hydrogen) atoms. The summed E-state index contributed by atoms with van der Waals surface area (Å²) in [6.07, 6.45) is 0. The molecule has 2 aliphatic heterocycles. The number of carbonyl (C=O) groups is 1. The number of amides is 2. The second-order valence-corrected chi connectivity index (χ2v) is 7.96. The lowest BCUT2D eigenvalue weighted by Crippen LogP contribution is -2.45. The molecule has 2 aromatic carbocycles. The molecule has 0 radical (unpaired) electrons. The first-order valence-corrected chi connectivity index (χ1v) is 10.6. The molecule has 0 aliphatic carbocycles. The van der Waals surface area contributed by atoms with Gasteiger partial charge in [-0.15, -0.1) is 0 Å². The zero-order valence-electron chi connectivity index (χ0n) is 18.4. The largest absolute Gasteiger partial charge is 0.454 e. The van der Waals surface area contributed by atoms with Gasteiger partial charge in [-0.05, 0) is 62.6 Å². The van der Waals surface area contributed by atoms with Crippen molar-refractivity contribution in [1.29, 1.82) is 0 Å². The molecule has 3 heterocycles. The number of hydrogen-bond donors (Lipinski definition) is 1. The first-order valence-electron chi connectivity index (χ1n) is 10.6. The number of aryl methyl sites for hydroxylation is 2. The lowest BCUT2D eigenvalue weighted by molar-refractivity contribution is 0.174. The van der Waals surface area contributed by atoms with Crippen LogP contribution in [0.2, 0.25) is 0 Å². The molecule has 8 heteroatoms. The van der Waals surface area contributed by atoms with E-state index < -0.39 is 6.04 Å². The molecular formula is C24H24N4O4. The Balaban J connectivity index is 1.59. The van der Waals surface area contributed by atoms with Crippen molar-refractivity contribution in [3.05, 3.63) is 64.7 Å². The van der Waals surface area contributed by atoms with Crippen LogP contribution in [0.5, 0.6) is 11.5 Å². The van der Waals surface area contributed by atoms with Crippen molar-refractivity contribution in [2.75, 3.05) is 13.3 Å². The molecule has 0 fully saturated rings. The van der Waals surface area contributed by atoms with Gasteiger partial charge in [-0.3, -0.25) is 4.90 Å². The maximum atomic E-state index is 12.8. The van der Waals surface area contributed by atoms with Crippen LogP contribution in [-0.2, 0) is 0 Å². The number of carbonyl (C=O) groups excluding carboxylic acids is 1. The summed E-state index contributed by atoms with van der Waals surface area (Å²) in [5.74, 6) is 2.16. The van der Waals surface area contributed by atoms with Crippen LogP contribution in [0.1, 0.15) is 42.5 Å². The average molecular weight is 432 g/mol. The van der Waals surface area contributed by atoms with Crippen LogP contribution in [0.15, 0.2) is 46.6 Å². The van der Waals surface area contributed by atoms with E-state index >= 15 is 0 Å². The summed E-state index contributed by atoms with van der Waals surface area (Å²) in [6, 6.07) is 11.2. The summed E-state index contributed by atoms with van der Waals surface area (Å²) in [4.78, 5) is 19.1. The molecule has 1 aromatic heterocycles. The fraction of sp³-hybridized carbons (Fsp3) is 0.292. The average Bonchev–Trinajstić information content (AvgIpc) is 3.44. The molecule has 3 aromatic rings. The third kappa shape index (κ3) is 3.28. The summed E-state index contributed by atoms with van der Waals surface area (Å²) >= 11 is 0. The van der Waals surface area contributed by atoms with Crippen molar-refractivity contribution in [2.45, 2.75) is 33.7 Å². The van der Waals surface area contributed by atoms with Crippen molar-refractivity contribution in [3.63, 3.8) is 0 Å². The summed E-state index contributed by atoms with van der Waals surface area (Å²) in [5, 5.41) is 7.31. The van der Waals surface area contributed by atoms with Crippen LogP contribution in [0.4, 0.5) is 4.79 Å². The maximum absolute atomic E-state index is 12.8. The Morgan fingerprint density at radius 2 is 1.88 bits per heavy atom. The zero-order valence-corrected chi connectivity index (χ0v) is 18.4. The Kier molecular flexibility index (Phi) is 4.84. The fourth-order valence-corrected chi connectivity index (χ4v) is 4.12. The lowest BCUT2D eigenvalue weighted by atomic mass is 9.92. The van der Waals surface area contributed by atoms with Crippen molar-refractivity contribution < 1.29 is 18.8 Å². The van der Waals surface area contributed by atoms with Gasteiger partial charge >= 0.3 is 6.03 Å². The number of nitrogens with zero attached hydrogens (tertiary/aromatic N) is 3. The second kappa shape index (κ2) is 7.71. The van der Waals surface area contributed by atoms with E-state index in [1.165, 1.54) is 5.56 Å². The van der Waals surface area contributed by atoms with E-state index in [4.69, 9.17) is 14.0 Å². The highest BCUT2D eigenvalue weighted by molar-refractivity contribution is 5.87. The highest BCUT2D eigenvalue weighted by Crippen LogP contribution is 2.39. The summed E-state index contributed by atoms with van der Waals surface area (Å²) in [6.45, 7) is 8.70. The first kappa shape index (κ1) is 20.1. The third-order valence-electron chi connectivity index (χ3n) is 6.06. The molecule has 2 amide bonds. The first-order chi connectivity index (χ1) is 15.5. The maximum Gasteiger partial charge on any atom is 0.322 e. The minimum atomic E-state index is -0.394. The number of nitrogens with one attached hydrogen (secondary N) is 1. The second-order valence-electron chi connectivity index (χ2n) is 7.96. The molecule has 1 atom stereocenters. The van der Waals surface area contributed by atoms with Crippen LogP contribution in [0.3, 0.4) is 0 Å². The minimum absolute atomic E-state index is 0.146. The molecule has 0 spiro atoms. The van der Waals surface area contributed by atoms with Crippen molar-refractivity contribution >= 4 is 11.6 Å². The molecule has 1 N–H and O–H groups in total. The van der Waals surface area contributed by atoms with Gasteiger partial charge in [0, 0.05) is 17.8 Å². The van der Waals surface area contributed by atoms with Gasteiger partial charge in [-0.25, -0.2) is 4.79 Å². The highest BCUT2D eigenvalue weighted by atomic mass is 16.7. The van der Waals surface area contributed by atoms with Gasteiger partial charge in [0.1, 0.15) is 0 Å². The predicted molar refractivity (Wildman–Crippen MR) is 118 cm³/mol. The Morgan fingerprint density at radius 3 is 2.66 bits per heavy atom. The number of hydrogen-bond acceptors (Lipinski definition) is 6. The van der Waals surface area contributed by atoms with Crippen molar-refractivity contribution in [2.24, 2.45) is 0 Å². The summed E-state index contributed by atoms with van der Waals surface area (Å²) in [5.41, 5.74) is 5.65. The van der Waals surface area contributed by atoms with E-state index in [0.717, 1.165) is 28.0 Å². The Morgan fingerprint density at radius 1 is 1.06 bits per heavy atom. The lowest BCUT2D eigenvalue weighted by Gasteiger charge is -2.34. The fourth-order valence-electron chi connectivity index (χ4n) is 4.12. The number of rotatable bonds is 4. The molecule has 0 bridgehead atoms. The van der Waals surface area contributed by atoms with Gasteiger partial charge in [0.25, 0.3) is 5.89 Å². The number of fused-ring (bicyclic) bond motifs is 1. The number of benzene rings is 2. The molecule has 2 aliphatic rings. The number of allylic oxidation sites excluding steroid dienone is 1. The molecule has 1 unspecified atom stereocenters. The topological polar surface area (TPSA) is 89.7 Å². The molecule has 0 saturated heterocycles. The van der Waals surface area contributed by atoms with Crippen molar-refractivity contribution in [3.8, 4) is 22.9 Å². The highest BCUT2D eigenvalue weighted by Gasteiger charge is 2.35. The van der Waals surface area contributed by atoms with Crippen LogP contribution >= 0.6 is 0 Å². The Labute approximate surface area is 185 Å². The van der Waals surface area contributed by atoms with Crippen LogP contribution in [0.25, 0.3) is 17.0 Å². The van der Waals surface area contributed by atoms with Crippen LogP contribution in [0, 0.1) is 13.8 Å². The molecular weight excluding hydrogens is 408 g/mol. The predicted octanol–water partition coefficient (Wildman–Crippen LogP) is 4.60. The van der Waals surface area contributed by atoms with Gasteiger partial charge in [0.05, 0.1) is 11.6 Å².